The number of benzene rings is 1. The molecule has 1 unspecified atom stereocenters. The number of hydrogen-bond acceptors (Lipinski definition) is 2. The lowest BCUT2D eigenvalue weighted by molar-refractivity contribution is 0.0459. The lowest BCUT2D eigenvalue weighted by Crippen LogP contribution is -2.08. The molecule has 102 valence electrons. The van der Waals surface area contributed by atoms with Crippen molar-refractivity contribution in [1.82, 2.24) is 0 Å². The summed E-state index contributed by atoms with van der Waals surface area (Å²) in [5.74, 6) is 0. The molecule has 0 spiro atoms. The molecule has 0 radical (unpaired) electrons. The van der Waals surface area contributed by atoms with E-state index in [1.54, 1.807) is 0 Å². The Kier molecular flexibility index (Phi) is 7.14. The van der Waals surface area contributed by atoms with Gasteiger partial charge in [0.1, 0.15) is 0 Å². The number of rotatable bonds is 8. The van der Waals surface area contributed by atoms with Crippen LogP contribution in [0.2, 0.25) is 5.02 Å². The van der Waals surface area contributed by atoms with Crippen LogP contribution in [0.15, 0.2) is 18.2 Å². The lowest BCUT2D eigenvalue weighted by atomic mass is 10.1. The Morgan fingerprint density at radius 2 is 2.06 bits per heavy atom. The number of nitrogen functional groups attached to an aromatic ring is 1. The first-order valence-electron chi connectivity index (χ1n) is 6.79. The second-order valence-corrected chi connectivity index (χ2v) is 5.23. The van der Waals surface area contributed by atoms with E-state index >= 15 is 0 Å². The second kappa shape index (κ2) is 8.39. The quantitative estimate of drug-likeness (QED) is 0.544. The molecule has 0 saturated heterocycles. The van der Waals surface area contributed by atoms with Crippen LogP contribution in [-0.4, -0.2) is 6.10 Å². The molecule has 0 bridgehead atoms. The van der Waals surface area contributed by atoms with Gasteiger partial charge in [-0.05, 0) is 31.0 Å². The maximum Gasteiger partial charge on any atom is 0.0721 e. The Hall–Kier alpha value is -0.730. The average molecular weight is 270 g/mol. The van der Waals surface area contributed by atoms with Gasteiger partial charge in [-0.25, -0.2) is 0 Å². The van der Waals surface area contributed by atoms with E-state index in [2.05, 4.69) is 13.8 Å². The molecule has 2 nitrogen and oxygen atoms in total. The molecule has 2 N–H and O–H groups in total. The highest BCUT2D eigenvalue weighted by atomic mass is 35.5. The molecule has 0 aliphatic heterocycles. The Labute approximate surface area is 115 Å². The molecule has 18 heavy (non-hydrogen) atoms. The molecule has 1 aromatic rings. The largest absolute Gasteiger partial charge is 0.398 e. The van der Waals surface area contributed by atoms with Crippen LogP contribution >= 0.6 is 11.6 Å². The topological polar surface area (TPSA) is 35.2 Å². The molecule has 0 saturated carbocycles. The van der Waals surface area contributed by atoms with Crippen molar-refractivity contribution in [2.75, 3.05) is 5.73 Å². The average Bonchev–Trinajstić information content (AvgIpc) is 2.36. The van der Waals surface area contributed by atoms with Crippen molar-refractivity contribution in [3.63, 3.8) is 0 Å². The van der Waals surface area contributed by atoms with Crippen LogP contribution in [0, 0.1) is 0 Å². The number of hydrogen-bond donors (Lipinski definition) is 1. The first kappa shape index (κ1) is 15.3. The molecular formula is C15H24ClNO. The highest BCUT2D eigenvalue weighted by Crippen LogP contribution is 2.20. The number of halogens is 1. The zero-order chi connectivity index (χ0) is 13.4. The molecule has 3 heteroatoms. The van der Waals surface area contributed by atoms with Gasteiger partial charge in [-0.3, -0.25) is 0 Å². The summed E-state index contributed by atoms with van der Waals surface area (Å²) in [5, 5.41) is 0.603. The summed E-state index contributed by atoms with van der Waals surface area (Å²) < 4.78 is 5.80. The number of ether oxygens (including phenoxy) is 1. The molecule has 0 aliphatic carbocycles. The summed E-state index contributed by atoms with van der Waals surface area (Å²) in [5.41, 5.74) is 7.45. The molecule has 0 heterocycles. The second-order valence-electron chi connectivity index (χ2n) is 4.83. The Bertz CT molecular complexity index is 354. The van der Waals surface area contributed by atoms with Crippen molar-refractivity contribution in [3.05, 3.63) is 28.8 Å². The van der Waals surface area contributed by atoms with Crippen LogP contribution in [0.3, 0.4) is 0 Å². The van der Waals surface area contributed by atoms with Crippen LogP contribution in [-0.2, 0) is 11.3 Å². The summed E-state index contributed by atoms with van der Waals surface area (Å²) in [6.45, 7) is 4.96. The van der Waals surface area contributed by atoms with Gasteiger partial charge in [0.15, 0.2) is 0 Å². The molecule has 1 atom stereocenters. The van der Waals surface area contributed by atoms with Gasteiger partial charge in [-0.2, -0.15) is 0 Å². The summed E-state index contributed by atoms with van der Waals surface area (Å²) in [4.78, 5) is 0. The first-order valence-corrected chi connectivity index (χ1v) is 7.16. The SMILES string of the molecule is CCCCCCC(C)OCc1ccc(Cl)c(N)c1. The van der Waals surface area contributed by atoms with E-state index in [-0.39, 0.29) is 0 Å². The number of nitrogens with two attached hydrogens (primary N) is 1. The zero-order valence-electron chi connectivity index (χ0n) is 11.4. The van der Waals surface area contributed by atoms with Crippen LogP contribution < -0.4 is 5.73 Å². The number of unbranched alkanes of at least 4 members (excludes halogenated alkanes) is 3. The van der Waals surface area contributed by atoms with Gasteiger partial charge in [-0.1, -0.05) is 50.3 Å². The van der Waals surface area contributed by atoms with E-state index in [1.807, 2.05) is 18.2 Å². The van der Waals surface area contributed by atoms with Crippen molar-refractivity contribution in [3.8, 4) is 0 Å². The van der Waals surface area contributed by atoms with Gasteiger partial charge in [0.2, 0.25) is 0 Å². The van der Waals surface area contributed by atoms with Crippen molar-refractivity contribution < 1.29 is 4.74 Å². The summed E-state index contributed by atoms with van der Waals surface area (Å²) in [6.07, 6.45) is 6.58. The van der Waals surface area contributed by atoms with Gasteiger partial charge in [-0.15, -0.1) is 0 Å². The van der Waals surface area contributed by atoms with E-state index < -0.39 is 0 Å². The van der Waals surface area contributed by atoms with E-state index in [0.29, 0.717) is 23.4 Å². The molecule has 1 aromatic carbocycles. The minimum Gasteiger partial charge on any atom is -0.398 e. The first-order chi connectivity index (χ1) is 8.63. The van der Waals surface area contributed by atoms with Gasteiger partial charge >= 0.3 is 0 Å². The third kappa shape index (κ3) is 5.74. The molecule has 1 rings (SSSR count). The maximum atomic E-state index is 5.88. The molecule has 0 fully saturated rings. The minimum atomic E-state index is 0.304. The zero-order valence-corrected chi connectivity index (χ0v) is 12.2. The minimum absolute atomic E-state index is 0.304. The Balaban J connectivity index is 2.24. The standard InChI is InChI=1S/C15H24ClNO/c1-3-4-5-6-7-12(2)18-11-13-8-9-14(16)15(17)10-13/h8-10,12H,3-7,11,17H2,1-2H3. The lowest BCUT2D eigenvalue weighted by Gasteiger charge is -2.13. The monoisotopic (exact) mass is 269 g/mol. The third-order valence-electron chi connectivity index (χ3n) is 3.06. The summed E-state index contributed by atoms with van der Waals surface area (Å²) >= 11 is 5.88. The highest BCUT2D eigenvalue weighted by molar-refractivity contribution is 6.33. The number of anilines is 1. The van der Waals surface area contributed by atoms with Crippen molar-refractivity contribution >= 4 is 17.3 Å². The molecule has 0 aliphatic rings. The molecular weight excluding hydrogens is 246 g/mol. The summed E-state index contributed by atoms with van der Waals surface area (Å²) in [7, 11) is 0. The normalized spacial score (nSPS) is 12.6. The van der Waals surface area contributed by atoms with Crippen molar-refractivity contribution in [2.45, 2.75) is 58.7 Å². The fraction of sp³-hybridized carbons (Fsp3) is 0.600. The Morgan fingerprint density at radius 3 is 2.72 bits per heavy atom. The predicted molar refractivity (Wildman–Crippen MR) is 78.9 cm³/mol. The van der Waals surface area contributed by atoms with E-state index in [0.717, 1.165) is 12.0 Å². The molecule has 0 aromatic heterocycles. The van der Waals surface area contributed by atoms with Crippen LogP contribution in [0.25, 0.3) is 0 Å². The maximum absolute atomic E-state index is 5.88. The van der Waals surface area contributed by atoms with Crippen LogP contribution in [0.1, 0.15) is 51.5 Å². The molecule has 0 amide bonds. The van der Waals surface area contributed by atoms with Crippen molar-refractivity contribution in [1.29, 1.82) is 0 Å². The van der Waals surface area contributed by atoms with E-state index in [1.165, 1.54) is 25.7 Å². The van der Waals surface area contributed by atoms with Crippen LogP contribution in [0.5, 0.6) is 0 Å². The predicted octanol–water partition coefficient (Wildman–Crippen LogP) is 4.80. The fourth-order valence-corrected chi connectivity index (χ4v) is 1.98. The van der Waals surface area contributed by atoms with Gasteiger partial charge < -0.3 is 10.5 Å². The van der Waals surface area contributed by atoms with E-state index in [9.17, 15) is 0 Å². The van der Waals surface area contributed by atoms with Gasteiger partial charge in [0.05, 0.1) is 23.4 Å². The Morgan fingerprint density at radius 1 is 1.28 bits per heavy atom. The van der Waals surface area contributed by atoms with Gasteiger partial charge in [0.25, 0.3) is 0 Å². The summed E-state index contributed by atoms with van der Waals surface area (Å²) in [6, 6.07) is 5.66. The van der Waals surface area contributed by atoms with Gasteiger partial charge in [0, 0.05) is 0 Å². The van der Waals surface area contributed by atoms with E-state index in [4.69, 9.17) is 22.1 Å². The highest BCUT2D eigenvalue weighted by Gasteiger charge is 2.04. The fourth-order valence-electron chi connectivity index (χ4n) is 1.86. The van der Waals surface area contributed by atoms with Crippen LogP contribution in [0.4, 0.5) is 5.69 Å². The third-order valence-corrected chi connectivity index (χ3v) is 3.40. The van der Waals surface area contributed by atoms with Crippen molar-refractivity contribution in [2.24, 2.45) is 0 Å². The smallest absolute Gasteiger partial charge is 0.0721 e.